The second kappa shape index (κ2) is 12.3. The van der Waals surface area contributed by atoms with Crippen LogP contribution in [0.5, 0.6) is 11.6 Å². The average Bonchev–Trinajstić information content (AvgIpc) is 3.12. The van der Waals surface area contributed by atoms with Gasteiger partial charge in [0.05, 0.1) is 41.9 Å². The molecule has 0 bridgehead atoms. The molecule has 2 aromatic carbocycles. The summed E-state index contributed by atoms with van der Waals surface area (Å²) in [4.78, 5) is 2.09. The number of methoxy groups -OCH3 is 1. The summed E-state index contributed by atoms with van der Waals surface area (Å²) < 4.78 is 32.6. The van der Waals surface area contributed by atoms with Crippen LogP contribution in [-0.2, 0) is 16.0 Å². The number of nitrogens with zero attached hydrogens (tertiary/aromatic N) is 3. The van der Waals surface area contributed by atoms with Crippen LogP contribution >= 0.6 is 0 Å². The van der Waals surface area contributed by atoms with Crippen molar-refractivity contribution >= 4 is 0 Å². The zero-order valence-electron chi connectivity index (χ0n) is 21.2. The summed E-state index contributed by atoms with van der Waals surface area (Å²) in [6.07, 6.45) is -0.669. The van der Waals surface area contributed by atoms with Gasteiger partial charge in [-0.15, -0.1) is 0 Å². The number of ether oxygens (including phenoxy) is 3. The van der Waals surface area contributed by atoms with E-state index >= 15 is 0 Å². The van der Waals surface area contributed by atoms with Crippen molar-refractivity contribution in [2.75, 3.05) is 33.4 Å². The Kier molecular flexibility index (Phi) is 9.40. The Bertz CT molecular complexity index is 1050. The maximum absolute atomic E-state index is 13.5. The lowest BCUT2D eigenvalue weighted by Gasteiger charge is -2.27. The fourth-order valence-electron chi connectivity index (χ4n) is 3.56. The lowest BCUT2D eigenvalue weighted by atomic mass is 10.2. The fraction of sp³-hybridized carbons (Fsp3) is 0.444. The number of aliphatic hydroxyl groups is 1. The SMILES string of the molecule is COCCN(Cc1c(C)nn(-c2ccccc2)c1Oc1ccc(F)cc1)C[C@@H](O)COC(C)(C)C. The molecule has 0 spiro atoms. The van der Waals surface area contributed by atoms with E-state index in [1.165, 1.54) is 12.1 Å². The van der Waals surface area contributed by atoms with Gasteiger partial charge in [-0.05, 0) is 64.1 Å². The van der Waals surface area contributed by atoms with Crippen molar-refractivity contribution in [3.05, 3.63) is 71.7 Å². The maximum Gasteiger partial charge on any atom is 0.227 e. The predicted molar refractivity (Wildman–Crippen MR) is 134 cm³/mol. The molecular formula is C27H36FN3O4. The van der Waals surface area contributed by atoms with E-state index in [-0.39, 0.29) is 18.0 Å². The lowest BCUT2D eigenvalue weighted by Crippen LogP contribution is -2.38. The Hall–Kier alpha value is -2.78. The minimum atomic E-state index is -0.669. The number of hydrogen-bond acceptors (Lipinski definition) is 6. The first-order chi connectivity index (χ1) is 16.7. The van der Waals surface area contributed by atoms with E-state index in [0.29, 0.717) is 37.9 Å². The minimum Gasteiger partial charge on any atom is -0.439 e. The van der Waals surface area contributed by atoms with Crippen LogP contribution in [0.3, 0.4) is 0 Å². The van der Waals surface area contributed by atoms with E-state index in [9.17, 15) is 9.50 Å². The lowest BCUT2D eigenvalue weighted by molar-refractivity contribution is -0.0577. The van der Waals surface area contributed by atoms with E-state index in [4.69, 9.17) is 19.3 Å². The highest BCUT2D eigenvalue weighted by Crippen LogP contribution is 2.31. The zero-order chi connectivity index (χ0) is 25.4. The highest BCUT2D eigenvalue weighted by atomic mass is 19.1. The molecule has 1 heterocycles. The molecule has 35 heavy (non-hydrogen) atoms. The largest absolute Gasteiger partial charge is 0.439 e. The Morgan fingerprint density at radius 2 is 1.77 bits per heavy atom. The first kappa shape index (κ1) is 26.8. The number of para-hydroxylation sites is 1. The summed E-state index contributed by atoms with van der Waals surface area (Å²) in [5.74, 6) is 0.720. The van der Waals surface area contributed by atoms with Gasteiger partial charge in [0.25, 0.3) is 0 Å². The number of aromatic nitrogens is 2. The van der Waals surface area contributed by atoms with Crippen molar-refractivity contribution in [2.24, 2.45) is 0 Å². The first-order valence-corrected chi connectivity index (χ1v) is 11.8. The monoisotopic (exact) mass is 485 g/mol. The number of halogens is 1. The molecule has 0 radical (unpaired) electrons. The Morgan fingerprint density at radius 1 is 1.09 bits per heavy atom. The summed E-state index contributed by atoms with van der Waals surface area (Å²) in [5, 5.41) is 15.4. The Morgan fingerprint density at radius 3 is 2.40 bits per heavy atom. The summed E-state index contributed by atoms with van der Waals surface area (Å²) in [7, 11) is 1.65. The van der Waals surface area contributed by atoms with Crippen LogP contribution < -0.4 is 4.74 Å². The van der Waals surface area contributed by atoms with E-state index < -0.39 is 6.10 Å². The number of aliphatic hydroxyl groups excluding tert-OH is 1. The van der Waals surface area contributed by atoms with Crippen LogP contribution in [0, 0.1) is 12.7 Å². The Labute approximate surface area is 207 Å². The summed E-state index contributed by atoms with van der Waals surface area (Å²) in [6.45, 7) is 10.0. The van der Waals surface area contributed by atoms with E-state index in [1.54, 1.807) is 23.9 Å². The third kappa shape index (κ3) is 8.14. The zero-order valence-corrected chi connectivity index (χ0v) is 21.2. The summed E-state index contributed by atoms with van der Waals surface area (Å²) >= 11 is 0. The van der Waals surface area contributed by atoms with Crippen molar-refractivity contribution in [1.82, 2.24) is 14.7 Å². The summed E-state index contributed by atoms with van der Waals surface area (Å²) in [6, 6.07) is 15.6. The van der Waals surface area contributed by atoms with Crippen LogP contribution in [0.15, 0.2) is 54.6 Å². The molecule has 0 saturated carbocycles. The van der Waals surface area contributed by atoms with Gasteiger partial charge < -0.3 is 19.3 Å². The molecule has 190 valence electrons. The van der Waals surface area contributed by atoms with E-state index in [0.717, 1.165) is 16.9 Å². The number of rotatable bonds is 12. The highest BCUT2D eigenvalue weighted by molar-refractivity contribution is 5.43. The summed E-state index contributed by atoms with van der Waals surface area (Å²) in [5.41, 5.74) is 2.19. The molecule has 1 aromatic heterocycles. The van der Waals surface area contributed by atoms with Gasteiger partial charge in [-0.2, -0.15) is 5.10 Å². The van der Waals surface area contributed by atoms with Crippen molar-refractivity contribution in [1.29, 1.82) is 0 Å². The first-order valence-electron chi connectivity index (χ1n) is 11.8. The highest BCUT2D eigenvalue weighted by Gasteiger charge is 2.23. The second-order valence-corrected chi connectivity index (χ2v) is 9.48. The van der Waals surface area contributed by atoms with Crippen LogP contribution in [0.25, 0.3) is 5.69 Å². The predicted octanol–water partition coefficient (Wildman–Crippen LogP) is 4.74. The van der Waals surface area contributed by atoms with Gasteiger partial charge in [0.1, 0.15) is 11.6 Å². The topological polar surface area (TPSA) is 69.0 Å². The van der Waals surface area contributed by atoms with Crippen LogP contribution in [0.4, 0.5) is 4.39 Å². The number of benzene rings is 2. The van der Waals surface area contributed by atoms with Crippen molar-refractivity contribution in [3.63, 3.8) is 0 Å². The third-order valence-corrected chi connectivity index (χ3v) is 5.34. The quantitative estimate of drug-likeness (QED) is 0.400. The van der Waals surface area contributed by atoms with Crippen molar-refractivity contribution in [3.8, 4) is 17.3 Å². The van der Waals surface area contributed by atoms with Gasteiger partial charge in [0, 0.05) is 26.7 Å². The molecule has 1 atom stereocenters. The smallest absolute Gasteiger partial charge is 0.227 e. The van der Waals surface area contributed by atoms with Crippen LogP contribution in [-0.4, -0.2) is 64.9 Å². The molecule has 0 aliphatic carbocycles. The molecule has 0 aliphatic rings. The molecule has 7 nitrogen and oxygen atoms in total. The molecule has 3 rings (SSSR count). The molecular weight excluding hydrogens is 449 g/mol. The van der Waals surface area contributed by atoms with Gasteiger partial charge in [-0.3, -0.25) is 4.90 Å². The van der Waals surface area contributed by atoms with Gasteiger partial charge in [-0.1, -0.05) is 18.2 Å². The molecule has 8 heteroatoms. The molecule has 0 amide bonds. The normalized spacial score (nSPS) is 12.8. The maximum atomic E-state index is 13.5. The molecule has 0 unspecified atom stereocenters. The molecule has 0 fully saturated rings. The van der Waals surface area contributed by atoms with E-state index in [2.05, 4.69) is 4.90 Å². The number of hydrogen-bond donors (Lipinski definition) is 1. The van der Waals surface area contributed by atoms with Crippen LogP contribution in [0.2, 0.25) is 0 Å². The van der Waals surface area contributed by atoms with Gasteiger partial charge in [0.2, 0.25) is 5.88 Å². The fourth-order valence-corrected chi connectivity index (χ4v) is 3.56. The van der Waals surface area contributed by atoms with Crippen molar-refractivity contribution < 1.29 is 23.7 Å². The molecule has 0 aliphatic heterocycles. The molecule has 3 aromatic rings. The average molecular weight is 486 g/mol. The molecule has 1 N–H and O–H groups in total. The van der Waals surface area contributed by atoms with Crippen molar-refractivity contribution in [2.45, 2.75) is 45.9 Å². The Balaban J connectivity index is 1.91. The number of aryl methyl sites for hydroxylation is 1. The standard InChI is InChI=1S/C27H36FN3O4/c1-20-25(18-30(15-16-33-5)17-23(32)19-34-27(2,3)4)26(35-24-13-11-21(28)12-14-24)31(29-20)22-9-7-6-8-10-22/h6-14,23,32H,15-19H2,1-5H3/t23-/m1/s1. The minimum absolute atomic E-state index is 0.230. The van der Waals surface area contributed by atoms with Gasteiger partial charge in [0.15, 0.2) is 0 Å². The van der Waals surface area contributed by atoms with Gasteiger partial charge >= 0.3 is 0 Å². The second-order valence-electron chi connectivity index (χ2n) is 9.48. The molecule has 0 saturated heterocycles. The van der Waals surface area contributed by atoms with Crippen LogP contribution in [0.1, 0.15) is 32.0 Å². The van der Waals surface area contributed by atoms with Gasteiger partial charge in [-0.25, -0.2) is 9.07 Å². The third-order valence-electron chi connectivity index (χ3n) is 5.34. The van der Waals surface area contributed by atoms with E-state index in [1.807, 2.05) is 58.0 Å².